The molecule has 0 aliphatic carbocycles. The van der Waals surface area contributed by atoms with E-state index in [-0.39, 0.29) is 140 Å². The fourth-order valence-electron chi connectivity index (χ4n) is 10.6. The highest BCUT2D eigenvalue weighted by Gasteiger charge is 2.41. The number of carbonyl (C=O) groups excluding carboxylic acids is 13. The first-order valence-corrected chi connectivity index (χ1v) is 35.9. The lowest BCUT2D eigenvalue weighted by molar-refractivity contribution is -0.143. The zero-order valence-corrected chi connectivity index (χ0v) is 63.1. The van der Waals surface area contributed by atoms with Crippen LogP contribution in [0.3, 0.4) is 0 Å². The number of aliphatic hydroxyl groups excluding tert-OH is 4. The first-order chi connectivity index (χ1) is 52.3. The molecule has 1 heterocycles. The second-order valence-corrected chi connectivity index (χ2v) is 26.2. The summed E-state index contributed by atoms with van der Waals surface area (Å²) in [5.74, 6) is -17.3. The van der Waals surface area contributed by atoms with Gasteiger partial charge in [-0.1, -0.05) is 34.1 Å². The van der Waals surface area contributed by atoms with Crippen molar-refractivity contribution in [3.05, 3.63) is 0 Å². The highest BCUT2D eigenvalue weighted by atomic mass is 16.4. The Balaban J connectivity index is 3.55. The first kappa shape index (κ1) is 97.7. The van der Waals surface area contributed by atoms with Gasteiger partial charge in [0.05, 0.1) is 33.0 Å². The first-order valence-electron chi connectivity index (χ1n) is 35.9. The van der Waals surface area contributed by atoms with Crippen LogP contribution in [0.1, 0.15) is 118 Å². The van der Waals surface area contributed by atoms with E-state index >= 15 is 0 Å². The highest BCUT2D eigenvalue weighted by molar-refractivity contribution is 6.00. The number of rotatable bonds is 53. The SMILES string of the molecule is CC[C@H](C)[C@H](NC(=O)CNC(=O)[C@H](CCCN=C(N)N)NC(=O)[C@H](CO)NC(=O)[C@H](CCCN=C(N)N)NC(=O)[C@H](CCCN=C(N)N)NC(=O)[C@H](CO)NC(=O)[C@@H](NC(=O)[C@H](CCCN=C(N)N)NC(=O)[C@H](CO)NC(=O)[C@H](C)NC(=O)[C@@H]1CCCN1C(=O)[C@H](CCCN=C(N)N)NC(=O)[C@@H](N)CO)C(C)C)C(=O)O. The molecule has 0 aromatic heterocycles. The molecule has 48 nitrogen and oxygen atoms in total. The molecular weight excluding hydrogens is 1470 g/mol. The van der Waals surface area contributed by atoms with Crippen molar-refractivity contribution in [3.8, 4) is 0 Å². The molecule has 1 rings (SSSR count). The third kappa shape index (κ3) is 37.6. The van der Waals surface area contributed by atoms with Crippen molar-refractivity contribution in [2.45, 2.75) is 197 Å². The Labute approximate surface area is 640 Å². The van der Waals surface area contributed by atoms with Gasteiger partial charge in [-0.3, -0.25) is 87.3 Å². The van der Waals surface area contributed by atoms with Crippen LogP contribution in [0.15, 0.2) is 25.0 Å². The van der Waals surface area contributed by atoms with Gasteiger partial charge in [-0.25, -0.2) is 4.79 Å². The van der Waals surface area contributed by atoms with Gasteiger partial charge < -0.3 is 157 Å². The number of nitrogens with two attached hydrogens (primary N) is 11. The summed E-state index contributed by atoms with van der Waals surface area (Å²) in [6, 6.07) is -20.1. The number of carboxylic acids is 1. The lowest BCUT2D eigenvalue weighted by atomic mass is 9.99. The third-order valence-electron chi connectivity index (χ3n) is 16.9. The molecule has 0 bridgehead atoms. The molecule has 0 aromatic rings. The molecule has 48 heteroatoms. The lowest BCUT2D eigenvalue weighted by Gasteiger charge is -2.30. The number of carbonyl (C=O) groups is 14. The number of nitrogens with one attached hydrogen (secondary N) is 12. The van der Waals surface area contributed by atoms with Crippen molar-refractivity contribution in [2.75, 3.05) is 72.2 Å². The van der Waals surface area contributed by atoms with E-state index in [1.165, 1.54) is 25.7 Å². The normalized spacial score (nSPS) is 15.8. The van der Waals surface area contributed by atoms with Crippen LogP contribution >= 0.6 is 0 Å². The van der Waals surface area contributed by atoms with Gasteiger partial charge in [0.2, 0.25) is 76.8 Å². The minimum absolute atomic E-state index is 0.00617. The van der Waals surface area contributed by atoms with E-state index in [4.69, 9.17) is 63.1 Å². The second kappa shape index (κ2) is 51.9. The highest BCUT2D eigenvalue weighted by Crippen LogP contribution is 2.21. The number of aliphatic carboxylic acids is 1. The third-order valence-corrected chi connectivity index (χ3v) is 16.9. The smallest absolute Gasteiger partial charge is 0.326 e. The number of guanidine groups is 5. The van der Waals surface area contributed by atoms with Crippen molar-refractivity contribution in [1.82, 2.24) is 68.7 Å². The molecule has 628 valence electrons. The van der Waals surface area contributed by atoms with E-state index < -0.39 is 206 Å². The fourth-order valence-corrected chi connectivity index (χ4v) is 10.6. The topological polar surface area (TPSA) is 836 Å². The number of nitrogens with zero attached hydrogens (tertiary/aromatic N) is 6. The predicted octanol–water partition coefficient (Wildman–Crippen LogP) is -14.2. The molecule has 39 N–H and O–H groups in total. The lowest BCUT2D eigenvalue weighted by Crippen LogP contribution is -2.62. The van der Waals surface area contributed by atoms with E-state index in [9.17, 15) is 92.7 Å². The Kier molecular flexibility index (Phi) is 45.7. The molecular formula is C63H117N29O19. The molecule has 0 spiro atoms. The van der Waals surface area contributed by atoms with Gasteiger partial charge in [-0.2, -0.15) is 0 Å². The van der Waals surface area contributed by atoms with Crippen LogP contribution in [-0.4, -0.2) is 294 Å². The molecule has 1 fully saturated rings. The summed E-state index contributed by atoms with van der Waals surface area (Å²) in [6.45, 7) is 2.43. The number of carboxylic acid groups (broad SMARTS) is 1. The molecule has 14 atom stereocenters. The summed E-state index contributed by atoms with van der Waals surface area (Å²) in [5.41, 5.74) is 60.4. The molecule has 0 unspecified atom stereocenters. The number of hydrogen-bond acceptors (Lipinski definition) is 24. The summed E-state index contributed by atoms with van der Waals surface area (Å²) < 4.78 is 0. The summed E-state index contributed by atoms with van der Waals surface area (Å²) in [7, 11) is 0. The van der Waals surface area contributed by atoms with Crippen LogP contribution in [-0.2, 0) is 67.1 Å². The number of likely N-dealkylation sites (tertiary alicyclic amines) is 1. The van der Waals surface area contributed by atoms with Crippen LogP contribution in [0.25, 0.3) is 0 Å². The molecule has 1 aliphatic heterocycles. The zero-order valence-electron chi connectivity index (χ0n) is 63.1. The largest absolute Gasteiger partial charge is 0.480 e. The monoisotopic (exact) mass is 1580 g/mol. The summed E-state index contributed by atoms with van der Waals surface area (Å²) in [6.07, 6.45) is -0.0698. The summed E-state index contributed by atoms with van der Waals surface area (Å²) in [4.78, 5) is 212. The maximum Gasteiger partial charge on any atom is 0.326 e. The quantitative estimate of drug-likeness (QED) is 0.0153. The van der Waals surface area contributed by atoms with Gasteiger partial charge in [-0.05, 0) is 95.8 Å². The standard InChI is InChI=1S/C63H117N29O19/c1-6-31(4)45(58(110)111)90-43(97)25-80-48(100)34(13-7-19-75-59(65)66)82-53(105)40(28-95)88-50(102)36(15-9-21-77-61(69)70)83-49(101)35(14-8-20-76-60(67)68)84-54(106)41(29-96)89-56(108)44(30(2)3)91-51(103)37(16-10-22-78-62(71)72)85-52(104)39(27-94)87-46(98)32(5)81-55(107)42-18-12-24-92(42)57(109)38(17-11-23-79-63(73)74)86-47(99)33(64)26-93/h30-42,44-45,93-96H,6-29,64H2,1-5H3,(H,80,100)(H,81,107)(H,82,105)(H,83,101)(H,84,106)(H,85,104)(H,86,99)(H,87,98)(H,88,102)(H,89,108)(H,90,97)(H,91,103)(H,110,111)(H4,65,66,75)(H4,67,68,76)(H4,69,70,77)(H4,71,72,78)(H4,73,74,79)/t31-,32-,33-,34-,35-,36-,37-,38-,39-,40-,41-,42-,44-,45-/m0/s1. The van der Waals surface area contributed by atoms with Crippen LogP contribution in [0.2, 0.25) is 0 Å². The predicted molar refractivity (Wildman–Crippen MR) is 402 cm³/mol. The van der Waals surface area contributed by atoms with Gasteiger partial charge in [0.25, 0.3) is 0 Å². The molecule has 0 saturated carbocycles. The zero-order chi connectivity index (χ0) is 84.2. The molecule has 1 aliphatic rings. The van der Waals surface area contributed by atoms with E-state index in [2.05, 4.69) is 88.8 Å². The Bertz CT molecular complexity index is 3250. The van der Waals surface area contributed by atoms with Crippen molar-refractivity contribution in [2.24, 2.45) is 99.9 Å². The van der Waals surface area contributed by atoms with Crippen LogP contribution in [0.5, 0.6) is 0 Å². The van der Waals surface area contributed by atoms with Gasteiger partial charge in [0, 0.05) is 39.3 Å². The Morgan fingerprint density at radius 2 is 0.739 bits per heavy atom. The summed E-state index contributed by atoms with van der Waals surface area (Å²) >= 11 is 0. The van der Waals surface area contributed by atoms with Gasteiger partial charge in [0.1, 0.15) is 78.5 Å². The Morgan fingerprint density at radius 3 is 1.09 bits per heavy atom. The van der Waals surface area contributed by atoms with Crippen LogP contribution < -0.4 is 127 Å². The van der Waals surface area contributed by atoms with Crippen LogP contribution in [0, 0.1) is 11.8 Å². The van der Waals surface area contributed by atoms with Crippen LogP contribution in [0.4, 0.5) is 0 Å². The molecule has 0 radical (unpaired) electrons. The maximum absolute atomic E-state index is 14.4. The van der Waals surface area contributed by atoms with E-state index in [1.54, 1.807) is 13.8 Å². The number of amides is 13. The van der Waals surface area contributed by atoms with Crippen molar-refractivity contribution < 1.29 is 92.7 Å². The number of hydrogen-bond donors (Lipinski definition) is 28. The van der Waals surface area contributed by atoms with Crippen molar-refractivity contribution in [1.29, 1.82) is 0 Å². The van der Waals surface area contributed by atoms with Crippen molar-refractivity contribution in [3.63, 3.8) is 0 Å². The number of aliphatic hydroxyl groups is 4. The van der Waals surface area contributed by atoms with E-state index in [0.717, 1.165) is 0 Å². The van der Waals surface area contributed by atoms with Crippen molar-refractivity contribution >= 4 is 113 Å². The minimum atomic E-state index is -1.90. The second-order valence-electron chi connectivity index (χ2n) is 26.2. The Hall–Kier alpha value is -11.3. The molecule has 0 aromatic carbocycles. The number of aliphatic imine (C=N–C) groups is 5. The van der Waals surface area contributed by atoms with Gasteiger partial charge in [0.15, 0.2) is 29.8 Å². The maximum atomic E-state index is 14.4. The fraction of sp³-hybridized carbons (Fsp3) is 0.698. The summed E-state index contributed by atoms with van der Waals surface area (Å²) in [5, 5.41) is 79.3. The van der Waals surface area contributed by atoms with Gasteiger partial charge in [-0.15, -0.1) is 0 Å². The molecule has 1 saturated heterocycles. The minimum Gasteiger partial charge on any atom is -0.480 e. The van der Waals surface area contributed by atoms with Gasteiger partial charge >= 0.3 is 5.97 Å². The molecule has 111 heavy (non-hydrogen) atoms. The van der Waals surface area contributed by atoms with E-state index in [1.807, 2.05) is 0 Å². The average molecular weight is 1580 g/mol. The average Bonchev–Trinajstić information content (AvgIpc) is 1.72. The molecule has 13 amide bonds. The van der Waals surface area contributed by atoms with E-state index in [0.29, 0.717) is 12.8 Å². The Morgan fingerprint density at radius 1 is 0.405 bits per heavy atom.